The number of aliphatic imine (C=N–C) groups is 1. The van der Waals surface area contributed by atoms with Crippen LogP contribution in [-0.4, -0.2) is 18.5 Å². The minimum absolute atomic E-state index is 0.164. The van der Waals surface area contributed by atoms with Crippen molar-refractivity contribution >= 4 is 5.90 Å². The first-order chi connectivity index (χ1) is 12.5. The van der Waals surface area contributed by atoms with Crippen LogP contribution >= 0.6 is 0 Å². The molecule has 0 spiro atoms. The smallest absolute Gasteiger partial charge is 0.216 e. The Morgan fingerprint density at radius 3 is 2.27 bits per heavy atom. The average molecular weight is 356 g/mol. The van der Waals surface area contributed by atoms with Crippen LogP contribution in [0.3, 0.4) is 0 Å². The molecule has 0 aromatic heterocycles. The van der Waals surface area contributed by atoms with E-state index in [2.05, 4.69) is 52.0 Å². The summed E-state index contributed by atoms with van der Waals surface area (Å²) in [7, 11) is 0. The monoisotopic (exact) mass is 355 g/mol. The highest BCUT2D eigenvalue weighted by atomic mass is 16.5. The Kier molecular flexibility index (Phi) is 6.42. The first kappa shape index (κ1) is 19.5. The number of rotatable bonds is 6. The number of hydrogen-bond donors (Lipinski definition) is 0. The third kappa shape index (κ3) is 4.90. The van der Waals surface area contributed by atoms with Gasteiger partial charge in [-0.05, 0) is 60.6 Å². The molecule has 26 heavy (non-hydrogen) atoms. The van der Waals surface area contributed by atoms with Crippen molar-refractivity contribution in [2.75, 3.05) is 6.61 Å². The summed E-state index contributed by atoms with van der Waals surface area (Å²) in [6, 6.07) is 9.32. The van der Waals surface area contributed by atoms with E-state index in [4.69, 9.17) is 9.73 Å². The lowest BCUT2D eigenvalue weighted by molar-refractivity contribution is 0.236. The first-order valence-electron chi connectivity index (χ1n) is 10.8. The van der Waals surface area contributed by atoms with E-state index >= 15 is 0 Å². The predicted molar refractivity (Wildman–Crippen MR) is 111 cm³/mol. The highest BCUT2D eigenvalue weighted by molar-refractivity contribution is 5.95. The minimum Gasteiger partial charge on any atom is -0.475 e. The highest BCUT2D eigenvalue weighted by Crippen LogP contribution is 2.38. The second-order valence-electron chi connectivity index (χ2n) is 9.46. The zero-order chi connectivity index (χ0) is 18.6. The minimum atomic E-state index is 0.164. The topological polar surface area (TPSA) is 21.6 Å². The lowest BCUT2D eigenvalue weighted by Gasteiger charge is -2.29. The average Bonchev–Trinajstić information content (AvgIpc) is 3.13. The van der Waals surface area contributed by atoms with E-state index in [1.54, 1.807) is 0 Å². The molecule has 1 aliphatic heterocycles. The predicted octanol–water partition coefficient (Wildman–Crippen LogP) is 6.73. The maximum atomic E-state index is 5.87. The van der Waals surface area contributed by atoms with Crippen molar-refractivity contribution in [3.63, 3.8) is 0 Å². The summed E-state index contributed by atoms with van der Waals surface area (Å²) in [4.78, 5) is 4.81. The van der Waals surface area contributed by atoms with Gasteiger partial charge in [0.05, 0.1) is 6.04 Å². The van der Waals surface area contributed by atoms with E-state index in [0.717, 1.165) is 23.3 Å². The first-order valence-corrected chi connectivity index (χ1v) is 10.8. The zero-order valence-corrected chi connectivity index (χ0v) is 17.3. The van der Waals surface area contributed by atoms with Gasteiger partial charge in [0.15, 0.2) is 0 Å². The van der Waals surface area contributed by atoms with E-state index in [0.29, 0.717) is 6.61 Å². The molecule has 0 N–H and O–H groups in total. The van der Waals surface area contributed by atoms with Gasteiger partial charge in [0.25, 0.3) is 0 Å². The molecule has 1 fully saturated rings. The molecule has 1 heterocycles. The fraction of sp³-hybridized carbons (Fsp3) is 0.708. The van der Waals surface area contributed by atoms with Gasteiger partial charge in [-0.25, -0.2) is 4.99 Å². The van der Waals surface area contributed by atoms with E-state index in [1.165, 1.54) is 56.9 Å². The van der Waals surface area contributed by atoms with Crippen LogP contribution in [-0.2, 0) is 4.74 Å². The number of ether oxygens (including phenoxy) is 1. The van der Waals surface area contributed by atoms with Crippen molar-refractivity contribution in [3.8, 4) is 0 Å². The maximum Gasteiger partial charge on any atom is 0.216 e. The molecule has 0 bridgehead atoms. The van der Waals surface area contributed by atoms with Crippen molar-refractivity contribution in [3.05, 3.63) is 35.4 Å². The Morgan fingerprint density at radius 1 is 1.00 bits per heavy atom. The van der Waals surface area contributed by atoms with Gasteiger partial charge in [-0.15, -0.1) is 0 Å². The summed E-state index contributed by atoms with van der Waals surface area (Å²) >= 11 is 0. The third-order valence-electron chi connectivity index (χ3n) is 6.34. The van der Waals surface area contributed by atoms with Crippen molar-refractivity contribution in [1.29, 1.82) is 0 Å². The number of nitrogens with zero attached hydrogens (tertiary/aromatic N) is 1. The number of hydrogen-bond acceptors (Lipinski definition) is 2. The Morgan fingerprint density at radius 2 is 1.69 bits per heavy atom. The van der Waals surface area contributed by atoms with Crippen LogP contribution < -0.4 is 0 Å². The quantitative estimate of drug-likeness (QED) is 0.518. The maximum absolute atomic E-state index is 5.87. The van der Waals surface area contributed by atoms with E-state index in [1.807, 2.05) is 0 Å². The molecule has 2 heteroatoms. The summed E-state index contributed by atoms with van der Waals surface area (Å²) < 4.78 is 5.87. The van der Waals surface area contributed by atoms with E-state index < -0.39 is 0 Å². The van der Waals surface area contributed by atoms with Crippen LogP contribution in [0.4, 0.5) is 0 Å². The normalized spacial score (nSPS) is 26.5. The molecule has 1 aromatic rings. The van der Waals surface area contributed by atoms with Crippen molar-refractivity contribution in [1.82, 2.24) is 0 Å². The van der Waals surface area contributed by atoms with Crippen LogP contribution in [0.1, 0.15) is 96.1 Å². The van der Waals surface area contributed by atoms with Gasteiger partial charge in [-0.3, -0.25) is 0 Å². The molecule has 2 aliphatic rings. The number of unbranched alkanes of at least 4 members (excludes halogenated alkanes) is 2. The van der Waals surface area contributed by atoms with Crippen LogP contribution in [0.15, 0.2) is 29.3 Å². The molecule has 1 aromatic carbocycles. The molecule has 1 saturated carbocycles. The number of benzene rings is 1. The molecule has 144 valence electrons. The van der Waals surface area contributed by atoms with Gasteiger partial charge in [0, 0.05) is 5.56 Å². The zero-order valence-electron chi connectivity index (χ0n) is 17.3. The molecular weight excluding hydrogens is 318 g/mol. The van der Waals surface area contributed by atoms with Crippen molar-refractivity contribution in [2.45, 2.75) is 91.0 Å². The van der Waals surface area contributed by atoms with Crippen LogP contribution in [0, 0.1) is 11.3 Å². The second-order valence-corrected chi connectivity index (χ2v) is 9.46. The molecule has 1 atom stereocenters. The molecular formula is C24H37NO. The SMILES string of the molecule is CCCCC[C@H]1CC[C@H](c2ccc(C3=N[C@@H](C(C)(C)C)CO3)cc2)CC1. The van der Waals surface area contributed by atoms with Gasteiger partial charge in [0.1, 0.15) is 6.61 Å². The van der Waals surface area contributed by atoms with Crippen LogP contribution in [0.25, 0.3) is 0 Å². The fourth-order valence-corrected chi connectivity index (χ4v) is 4.34. The van der Waals surface area contributed by atoms with Gasteiger partial charge < -0.3 is 4.74 Å². The molecule has 0 amide bonds. The third-order valence-corrected chi connectivity index (χ3v) is 6.34. The molecule has 0 radical (unpaired) electrons. The Hall–Kier alpha value is -1.31. The Balaban J connectivity index is 1.54. The molecule has 3 rings (SSSR count). The lowest BCUT2D eigenvalue weighted by Crippen LogP contribution is -2.25. The van der Waals surface area contributed by atoms with Gasteiger partial charge in [-0.2, -0.15) is 0 Å². The second kappa shape index (κ2) is 8.59. The van der Waals surface area contributed by atoms with Crippen LogP contribution in [0.2, 0.25) is 0 Å². The summed E-state index contributed by atoms with van der Waals surface area (Å²) in [6.07, 6.45) is 11.2. The van der Waals surface area contributed by atoms with Gasteiger partial charge in [-0.1, -0.05) is 65.5 Å². The van der Waals surface area contributed by atoms with Gasteiger partial charge in [0.2, 0.25) is 5.90 Å². The lowest BCUT2D eigenvalue weighted by atomic mass is 9.77. The Bertz CT molecular complexity index is 588. The van der Waals surface area contributed by atoms with Crippen molar-refractivity contribution in [2.24, 2.45) is 16.3 Å². The highest BCUT2D eigenvalue weighted by Gasteiger charge is 2.30. The molecule has 2 nitrogen and oxygen atoms in total. The largest absolute Gasteiger partial charge is 0.475 e. The van der Waals surface area contributed by atoms with Crippen molar-refractivity contribution < 1.29 is 4.74 Å². The summed E-state index contributed by atoms with van der Waals surface area (Å²) in [6.45, 7) is 9.70. The van der Waals surface area contributed by atoms with Gasteiger partial charge >= 0.3 is 0 Å². The Labute approximate surface area is 160 Å². The molecule has 1 aliphatic carbocycles. The van der Waals surface area contributed by atoms with E-state index in [-0.39, 0.29) is 11.5 Å². The molecule has 0 unspecified atom stereocenters. The summed E-state index contributed by atoms with van der Waals surface area (Å²) in [5, 5.41) is 0. The fourth-order valence-electron chi connectivity index (χ4n) is 4.34. The van der Waals surface area contributed by atoms with Crippen LogP contribution in [0.5, 0.6) is 0 Å². The standard InChI is InChI=1S/C24H37NO/c1-5-6-7-8-18-9-11-19(12-10-18)20-13-15-21(16-14-20)23-25-22(17-26-23)24(2,3)4/h13-16,18-19,22H,5-12,17H2,1-4H3/t18-,19-,22-/m1/s1. The summed E-state index contributed by atoms with van der Waals surface area (Å²) in [5.74, 6) is 2.56. The van der Waals surface area contributed by atoms with E-state index in [9.17, 15) is 0 Å². The summed E-state index contributed by atoms with van der Waals surface area (Å²) in [5.41, 5.74) is 2.80. The molecule has 0 saturated heterocycles.